The molecule has 1 unspecified atom stereocenters. The summed E-state index contributed by atoms with van der Waals surface area (Å²) in [5.74, 6) is 0.548. The average Bonchev–Trinajstić information content (AvgIpc) is 2.45. The van der Waals surface area contributed by atoms with E-state index in [4.69, 9.17) is 10.5 Å². The van der Waals surface area contributed by atoms with Gasteiger partial charge < -0.3 is 10.5 Å². The number of hydrogen-bond acceptors (Lipinski definition) is 2. The predicted molar refractivity (Wildman–Crippen MR) is 79.5 cm³/mol. The van der Waals surface area contributed by atoms with Crippen LogP contribution in [0.1, 0.15) is 23.5 Å². The summed E-state index contributed by atoms with van der Waals surface area (Å²) in [5.41, 5.74) is 8.37. The van der Waals surface area contributed by atoms with Crippen LogP contribution in [-0.4, -0.2) is 13.2 Å². The lowest BCUT2D eigenvalue weighted by Crippen LogP contribution is -2.16. The van der Waals surface area contributed by atoms with E-state index < -0.39 is 0 Å². The Kier molecular flexibility index (Phi) is 5.13. The molecule has 0 aliphatic heterocycles. The Morgan fingerprint density at radius 2 is 1.95 bits per heavy atom. The maximum Gasteiger partial charge on any atom is 0.126 e. The minimum absolute atomic E-state index is 0.268. The predicted octanol–water partition coefficient (Wildman–Crippen LogP) is 3.65. The third kappa shape index (κ3) is 3.81. The van der Waals surface area contributed by atoms with Crippen molar-refractivity contribution in [2.45, 2.75) is 19.3 Å². The lowest BCUT2D eigenvalue weighted by atomic mass is 9.92. The zero-order valence-electron chi connectivity index (χ0n) is 11.7. The zero-order chi connectivity index (χ0) is 14.4. The molecule has 0 saturated carbocycles. The van der Waals surface area contributed by atoms with Gasteiger partial charge in [0.1, 0.15) is 11.6 Å². The van der Waals surface area contributed by atoms with E-state index in [1.165, 1.54) is 23.3 Å². The van der Waals surface area contributed by atoms with Crippen molar-refractivity contribution in [2.75, 3.05) is 13.2 Å². The first-order chi connectivity index (χ1) is 9.70. The van der Waals surface area contributed by atoms with Crippen LogP contribution in [-0.2, 0) is 0 Å². The monoisotopic (exact) mass is 273 g/mol. The second-order valence-electron chi connectivity index (χ2n) is 4.88. The van der Waals surface area contributed by atoms with Crippen LogP contribution in [0, 0.1) is 12.7 Å². The summed E-state index contributed by atoms with van der Waals surface area (Å²) in [5, 5.41) is 0. The maximum absolute atomic E-state index is 13.0. The highest BCUT2D eigenvalue weighted by atomic mass is 19.1. The Balaban J connectivity index is 1.93. The molecule has 0 spiro atoms. The van der Waals surface area contributed by atoms with Gasteiger partial charge in [-0.15, -0.1) is 0 Å². The Labute approximate surface area is 119 Å². The Hall–Kier alpha value is -1.87. The Morgan fingerprint density at radius 3 is 2.65 bits per heavy atom. The lowest BCUT2D eigenvalue weighted by molar-refractivity contribution is 0.297. The van der Waals surface area contributed by atoms with E-state index >= 15 is 0 Å². The van der Waals surface area contributed by atoms with Gasteiger partial charge in [-0.1, -0.05) is 30.3 Å². The molecule has 2 aromatic rings. The van der Waals surface area contributed by atoms with Gasteiger partial charge in [0.2, 0.25) is 0 Å². The van der Waals surface area contributed by atoms with E-state index in [1.807, 2.05) is 12.1 Å². The van der Waals surface area contributed by atoms with Crippen molar-refractivity contribution >= 4 is 0 Å². The first-order valence-electron chi connectivity index (χ1n) is 6.84. The highest BCUT2D eigenvalue weighted by molar-refractivity contribution is 5.29. The first kappa shape index (κ1) is 14.5. The summed E-state index contributed by atoms with van der Waals surface area (Å²) in [7, 11) is 0. The number of nitrogens with two attached hydrogens (primary N) is 1. The van der Waals surface area contributed by atoms with Crippen molar-refractivity contribution in [1.82, 2.24) is 0 Å². The number of hydrogen-bond donors (Lipinski definition) is 1. The SMILES string of the molecule is Cc1ccccc1C(CN)CCOc1cccc(F)c1. The maximum atomic E-state index is 13.0. The van der Waals surface area contributed by atoms with E-state index in [0.717, 1.165) is 6.42 Å². The summed E-state index contributed by atoms with van der Waals surface area (Å²) < 4.78 is 18.6. The minimum Gasteiger partial charge on any atom is -0.493 e. The number of rotatable bonds is 6. The van der Waals surface area contributed by atoms with Gasteiger partial charge in [-0.05, 0) is 49.1 Å². The van der Waals surface area contributed by atoms with Crippen LogP contribution in [0.25, 0.3) is 0 Å². The van der Waals surface area contributed by atoms with Gasteiger partial charge >= 0.3 is 0 Å². The number of ether oxygens (including phenoxy) is 1. The van der Waals surface area contributed by atoms with E-state index in [9.17, 15) is 4.39 Å². The van der Waals surface area contributed by atoms with Crippen LogP contribution in [0.4, 0.5) is 4.39 Å². The second kappa shape index (κ2) is 7.06. The molecule has 2 N–H and O–H groups in total. The molecule has 2 aromatic carbocycles. The number of aryl methyl sites for hydroxylation is 1. The molecule has 0 radical (unpaired) electrons. The fraction of sp³-hybridized carbons (Fsp3) is 0.294. The fourth-order valence-corrected chi connectivity index (χ4v) is 2.32. The van der Waals surface area contributed by atoms with Crippen LogP contribution in [0.5, 0.6) is 5.75 Å². The molecule has 1 atom stereocenters. The number of halogens is 1. The largest absolute Gasteiger partial charge is 0.493 e. The third-order valence-corrected chi connectivity index (χ3v) is 3.44. The van der Waals surface area contributed by atoms with Crippen molar-refractivity contribution in [2.24, 2.45) is 5.73 Å². The molecule has 0 amide bonds. The van der Waals surface area contributed by atoms with Gasteiger partial charge in [0.15, 0.2) is 0 Å². The van der Waals surface area contributed by atoms with Crippen LogP contribution in [0.3, 0.4) is 0 Å². The van der Waals surface area contributed by atoms with Gasteiger partial charge in [0, 0.05) is 6.07 Å². The third-order valence-electron chi connectivity index (χ3n) is 3.44. The van der Waals surface area contributed by atoms with Crippen molar-refractivity contribution in [3.8, 4) is 5.75 Å². The van der Waals surface area contributed by atoms with E-state index in [1.54, 1.807) is 12.1 Å². The van der Waals surface area contributed by atoms with Crippen molar-refractivity contribution in [3.05, 3.63) is 65.5 Å². The first-order valence-corrected chi connectivity index (χ1v) is 6.84. The van der Waals surface area contributed by atoms with Crippen molar-refractivity contribution in [3.63, 3.8) is 0 Å². The molecular formula is C17H20FNO. The molecular weight excluding hydrogens is 253 g/mol. The topological polar surface area (TPSA) is 35.2 Å². The molecule has 0 aliphatic rings. The highest BCUT2D eigenvalue weighted by Crippen LogP contribution is 2.22. The van der Waals surface area contributed by atoms with Crippen LogP contribution < -0.4 is 10.5 Å². The molecule has 0 heterocycles. The number of benzene rings is 2. The normalized spacial score (nSPS) is 12.2. The van der Waals surface area contributed by atoms with E-state index in [-0.39, 0.29) is 11.7 Å². The highest BCUT2D eigenvalue weighted by Gasteiger charge is 2.12. The summed E-state index contributed by atoms with van der Waals surface area (Å²) >= 11 is 0. The molecule has 0 aromatic heterocycles. The molecule has 2 nitrogen and oxygen atoms in total. The lowest BCUT2D eigenvalue weighted by Gasteiger charge is -2.17. The van der Waals surface area contributed by atoms with Crippen LogP contribution in [0.2, 0.25) is 0 Å². The Morgan fingerprint density at radius 1 is 1.15 bits per heavy atom. The molecule has 0 bridgehead atoms. The van der Waals surface area contributed by atoms with Crippen LogP contribution >= 0.6 is 0 Å². The molecule has 106 valence electrons. The smallest absolute Gasteiger partial charge is 0.126 e. The summed E-state index contributed by atoms with van der Waals surface area (Å²) in [6.07, 6.45) is 0.817. The van der Waals surface area contributed by atoms with E-state index in [0.29, 0.717) is 18.9 Å². The van der Waals surface area contributed by atoms with E-state index in [2.05, 4.69) is 19.1 Å². The molecule has 3 heteroatoms. The quantitative estimate of drug-likeness (QED) is 0.872. The second-order valence-corrected chi connectivity index (χ2v) is 4.88. The fourth-order valence-electron chi connectivity index (χ4n) is 2.32. The van der Waals surface area contributed by atoms with Gasteiger partial charge in [0.25, 0.3) is 0 Å². The molecule has 0 aliphatic carbocycles. The average molecular weight is 273 g/mol. The van der Waals surface area contributed by atoms with Crippen molar-refractivity contribution < 1.29 is 9.13 Å². The standard InChI is InChI=1S/C17H20FNO/c1-13-5-2-3-8-17(13)14(12-19)9-10-20-16-7-4-6-15(18)11-16/h2-8,11,14H,9-10,12,19H2,1H3. The van der Waals surface area contributed by atoms with Gasteiger partial charge in [-0.2, -0.15) is 0 Å². The molecule has 0 fully saturated rings. The minimum atomic E-state index is -0.281. The Bertz CT molecular complexity index is 556. The van der Waals surface area contributed by atoms with Crippen molar-refractivity contribution in [1.29, 1.82) is 0 Å². The van der Waals surface area contributed by atoms with Gasteiger partial charge in [-0.25, -0.2) is 4.39 Å². The molecule has 0 saturated heterocycles. The molecule has 2 rings (SSSR count). The van der Waals surface area contributed by atoms with Gasteiger partial charge in [-0.3, -0.25) is 0 Å². The zero-order valence-corrected chi connectivity index (χ0v) is 11.7. The molecule has 20 heavy (non-hydrogen) atoms. The summed E-state index contributed by atoms with van der Waals surface area (Å²) in [6.45, 7) is 3.20. The van der Waals surface area contributed by atoms with Crippen LogP contribution in [0.15, 0.2) is 48.5 Å². The summed E-state index contributed by atoms with van der Waals surface area (Å²) in [4.78, 5) is 0. The van der Waals surface area contributed by atoms with Gasteiger partial charge in [0.05, 0.1) is 6.61 Å². The summed E-state index contributed by atoms with van der Waals surface area (Å²) in [6, 6.07) is 14.4.